The van der Waals surface area contributed by atoms with Crippen LogP contribution in [0.4, 0.5) is 4.79 Å². The molecule has 3 aromatic rings. The van der Waals surface area contributed by atoms with Crippen molar-refractivity contribution in [2.24, 2.45) is 0 Å². The highest BCUT2D eigenvalue weighted by Gasteiger charge is 2.23. The van der Waals surface area contributed by atoms with E-state index in [1.807, 2.05) is 63.2 Å². The molecular weight excluding hydrogens is 314 g/mol. The van der Waals surface area contributed by atoms with Gasteiger partial charge in [-0.25, -0.2) is 4.79 Å². The summed E-state index contributed by atoms with van der Waals surface area (Å²) in [4.78, 5) is 18.6. The third kappa shape index (κ3) is 3.36. The van der Waals surface area contributed by atoms with Crippen LogP contribution in [0.1, 0.15) is 42.9 Å². The van der Waals surface area contributed by atoms with Crippen molar-refractivity contribution in [2.75, 3.05) is 7.05 Å². The van der Waals surface area contributed by atoms with E-state index in [9.17, 15) is 4.79 Å². The number of hydrogen-bond acceptors (Lipinski definition) is 3. The first-order valence-electron chi connectivity index (χ1n) is 8.41. The molecule has 2 unspecified atom stereocenters. The molecule has 0 saturated carbocycles. The second kappa shape index (κ2) is 6.97. The second-order valence-electron chi connectivity index (χ2n) is 6.30. The van der Waals surface area contributed by atoms with Gasteiger partial charge in [0.05, 0.1) is 17.8 Å². The predicted octanol–water partition coefficient (Wildman–Crippen LogP) is 4.60. The number of hydrogen-bond donors (Lipinski definition) is 1. The molecular formula is C20H23N3O2. The van der Waals surface area contributed by atoms with Gasteiger partial charge < -0.3 is 14.6 Å². The molecule has 1 aromatic carbocycles. The number of aromatic nitrogens is 1. The molecule has 2 heterocycles. The van der Waals surface area contributed by atoms with Crippen molar-refractivity contribution in [3.63, 3.8) is 0 Å². The summed E-state index contributed by atoms with van der Waals surface area (Å²) in [7, 11) is 1.77. The number of nitrogens with one attached hydrogen (secondary N) is 1. The average molecular weight is 337 g/mol. The van der Waals surface area contributed by atoms with E-state index in [1.54, 1.807) is 18.1 Å². The van der Waals surface area contributed by atoms with Crippen LogP contribution in [0.3, 0.4) is 0 Å². The number of benzene rings is 1. The lowest BCUT2D eigenvalue weighted by atomic mass is 10.1. The predicted molar refractivity (Wildman–Crippen MR) is 98.3 cm³/mol. The molecule has 0 aliphatic heterocycles. The quantitative estimate of drug-likeness (QED) is 0.757. The molecule has 0 spiro atoms. The molecule has 2 aromatic heterocycles. The summed E-state index contributed by atoms with van der Waals surface area (Å²) in [5.74, 6) is 0.786. The number of rotatable bonds is 4. The van der Waals surface area contributed by atoms with Crippen LogP contribution in [0, 0.1) is 6.92 Å². The molecule has 2 atom stereocenters. The molecule has 5 nitrogen and oxygen atoms in total. The third-order valence-corrected chi connectivity index (χ3v) is 4.63. The number of carbonyl (C=O) groups excluding carboxylic acids is 1. The second-order valence-corrected chi connectivity index (χ2v) is 6.30. The Labute approximate surface area is 147 Å². The van der Waals surface area contributed by atoms with Gasteiger partial charge in [-0.1, -0.05) is 24.3 Å². The Morgan fingerprint density at radius 2 is 1.88 bits per heavy atom. The van der Waals surface area contributed by atoms with Gasteiger partial charge >= 0.3 is 6.03 Å². The summed E-state index contributed by atoms with van der Waals surface area (Å²) in [6.07, 6.45) is 1.73. The molecule has 0 bridgehead atoms. The molecule has 0 saturated heterocycles. The number of nitrogens with zero attached hydrogens (tertiary/aromatic N) is 2. The van der Waals surface area contributed by atoms with Crippen molar-refractivity contribution in [2.45, 2.75) is 32.9 Å². The Morgan fingerprint density at radius 3 is 2.56 bits per heavy atom. The average Bonchev–Trinajstić information content (AvgIpc) is 2.98. The maximum absolute atomic E-state index is 12.6. The number of para-hydroxylation sites is 1. The minimum atomic E-state index is -0.224. The van der Waals surface area contributed by atoms with Gasteiger partial charge in [-0.05, 0) is 39.0 Å². The van der Waals surface area contributed by atoms with Gasteiger partial charge in [0, 0.05) is 24.2 Å². The first-order chi connectivity index (χ1) is 12.0. The van der Waals surface area contributed by atoms with E-state index in [4.69, 9.17) is 4.42 Å². The summed E-state index contributed by atoms with van der Waals surface area (Å²) in [5.41, 5.74) is 2.75. The van der Waals surface area contributed by atoms with Gasteiger partial charge in [0.1, 0.15) is 11.3 Å². The molecule has 0 aliphatic rings. The summed E-state index contributed by atoms with van der Waals surface area (Å²) < 4.78 is 5.94. The van der Waals surface area contributed by atoms with Crippen molar-refractivity contribution in [1.82, 2.24) is 15.2 Å². The molecule has 130 valence electrons. The van der Waals surface area contributed by atoms with Gasteiger partial charge in [-0.2, -0.15) is 0 Å². The lowest BCUT2D eigenvalue weighted by molar-refractivity contribution is 0.188. The Balaban J connectivity index is 1.74. The highest BCUT2D eigenvalue weighted by molar-refractivity contribution is 5.82. The third-order valence-electron chi connectivity index (χ3n) is 4.63. The van der Waals surface area contributed by atoms with Crippen LogP contribution in [0.2, 0.25) is 0 Å². The van der Waals surface area contributed by atoms with E-state index in [0.717, 1.165) is 28.0 Å². The van der Waals surface area contributed by atoms with E-state index in [0.29, 0.717) is 0 Å². The zero-order valence-corrected chi connectivity index (χ0v) is 15.0. The van der Waals surface area contributed by atoms with Crippen molar-refractivity contribution < 1.29 is 9.21 Å². The molecule has 0 radical (unpaired) electrons. The standard InChI is InChI=1S/C20H23N3O2/c1-13-16-9-5-6-11-18(16)25-19(13)14(2)22-20(24)23(4)15(3)17-10-7-8-12-21-17/h5-12,14-15H,1-4H3,(H,22,24). The van der Waals surface area contributed by atoms with Crippen molar-refractivity contribution in [3.05, 3.63) is 65.7 Å². The van der Waals surface area contributed by atoms with E-state index in [-0.39, 0.29) is 18.1 Å². The zero-order chi connectivity index (χ0) is 18.0. The van der Waals surface area contributed by atoms with E-state index < -0.39 is 0 Å². The first kappa shape index (κ1) is 17.0. The fraction of sp³-hybridized carbons (Fsp3) is 0.300. The van der Waals surface area contributed by atoms with Crippen molar-refractivity contribution in [1.29, 1.82) is 0 Å². The molecule has 5 heteroatoms. The largest absolute Gasteiger partial charge is 0.459 e. The fourth-order valence-corrected chi connectivity index (χ4v) is 2.96. The van der Waals surface area contributed by atoms with Crippen LogP contribution < -0.4 is 5.32 Å². The maximum atomic E-state index is 12.6. The van der Waals surface area contributed by atoms with Gasteiger partial charge in [0.25, 0.3) is 0 Å². The molecule has 3 rings (SSSR count). The smallest absolute Gasteiger partial charge is 0.318 e. The van der Waals surface area contributed by atoms with Crippen LogP contribution in [0.5, 0.6) is 0 Å². The van der Waals surface area contributed by atoms with Crippen LogP contribution >= 0.6 is 0 Å². The Hall–Kier alpha value is -2.82. The Bertz CT molecular complexity index is 873. The fourth-order valence-electron chi connectivity index (χ4n) is 2.96. The number of fused-ring (bicyclic) bond motifs is 1. The van der Waals surface area contributed by atoms with Crippen LogP contribution in [0.15, 0.2) is 53.1 Å². The Kier molecular flexibility index (Phi) is 4.74. The summed E-state index contributed by atoms with van der Waals surface area (Å²) in [5, 5.41) is 4.09. The SMILES string of the molecule is Cc1c(C(C)NC(=O)N(C)C(C)c2ccccn2)oc2ccccc12. The number of aryl methyl sites for hydroxylation is 1. The van der Waals surface area contributed by atoms with Crippen LogP contribution in [0.25, 0.3) is 11.0 Å². The zero-order valence-electron chi connectivity index (χ0n) is 15.0. The highest BCUT2D eigenvalue weighted by Crippen LogP contribution is 2.29. The van der Waals surface area contributed by atoms with Crippen molar-refractivity contribution >= 4 is 17.0 Å². The van der Waals surface area contributed by atoms with E-state index in [2.05, 4.69) is 10.3 Å². The lowest BCUT2D eigenvalue weighted by Gasteiger charge is -2.26. The van der Waals surface area contributed by atoms with Gasteiger partial charge in [0.15, 0.2) is 0 Å². The maximum Gasteiger partial charge on any atom is 0.318 e. The number of furan rings is 1. The molecule has 0 aliphatic carbocycles. The number of carbonyl (C=O) groups is 1. The van der Waals surface area contributed by atoms with E-state index >= 15 is 0 Å². The van der Waals surface area contributed by atoms with Crippen LogP contribution in [-0.4, -0.2) is 23.0 Å². The number of urea groups is 1. The normalized spacial score (nSPS) is 13.4. The van der Waals surface area contributed by atoms with Crippen molar-refractivity contribution in [3.8, 4) is 0 Å². The minimum absolute atomic E-state index is 0.120. The van der Waals surface area contributed by atoms with Crippen LogP contribution in [-0.2, 0) is 0 Å². The lowest BCUT2D eigenvalue weighted by Crippen LogP contribution is -2.40. The molecule has 2 amide bonds. The highest BCUT2D eigenvalue weighted by atomic mass is 16.3. The topological polar surface area (TPSA) is 58.4 Å². The number of amides is 2. The summed E-state index contributed by atoms with van der Waals surface area (Å²) in [6.45, 7) is 5.91. The summed E-state index contributed by atoms with van der Waals surface area (Å²) >= 11 is 0. The molecule has 25 heavy (non-hydrogen) atoms. The number of pyridine rings is 1. The van der Waals surface area contributed by atoms with Gasteiger partial charge in [-0.3, -0.25) is 4.98 Å². The Morgan fingerprint density at radius 1 is 1.16 bits per heavy atom. The van der Waals surface area contributed by atoms with Gasteiger partial charge in [-0.15, -0.1) is 0 Å². The summed E-state index contributed by atoms with van der Waals surface area (Å²) in [6, 6.07) is 13.1. The minimum Gasteiger partial charge on any atom is -0.459 e. The van der Waals surface area contributed by atoms with E-state index in [1.165, 1.54) is 0 Å². The molecule has 0 fully saturated rings. The van der Waals surface area contributed by atoms with Gasteiger partial charge in [0.2, 0.25) is 0 Å². The monoisotopic (exact) mass is 337 g/mol. The molecule has 1 N–H and O–H groups in total. The first-order valence-corrected chi connectivity index (χ1v) is 8.41.